The van der Waals surface area contributed by atoms with Crippen molar-refractivity contribution in [1.82, 2.24) is 4.98 Å². The first-order valence-corrected chi connectivity index (χ1v) is 6.56. The predicted molar refractivity (Wildman–Crippen MR) is 70.1 cm³/mol. The van der Waals surface area contributed by atoms with Crippen molar-refractivity contribution in [1.29, 1.82) is 0 Å². The third-order valence-corrected chi connectivity index (χ3v) is 3.72. The molecule has 1 aliphatic rings. The van der Waals surface area contributed by atoms with E-state index >= 15 is 0 Å². The van der Waals surface area contributed by atoms with Crippen LogP contribution in [-0.4, -0.2) is 23.2 Å². The molecule has 3 heteroatoms. The molecule has 0 radical (unpaired) electrons. The maximum absolute atomic E-state index is 9.79. The summed E-state index contributed by atoms with van der Waals surface area (Å²) in [7, 11) is 2.10. The second-order valence-electron chi connectivity index (χ2n) is 4.99. The maximum Gasteiger partial charge on any atom is 0.134 e. The molecule has 0 amide bonds. The molecular formula is C14H22N2O. The smallest absolute Gasteiger partial charge is 0.134 e. The highest BCUT2D eigenvalue weighted by Gasteiger charge is 2.21. The standard InChI is InChI=1S/C14H22N2O/c1-11(17)13-9-6-10-15-14(13)16(2)12-7-4-3-5-8-12/h6,9-12,17H,3-5,7-8H2,1-2H3/t11-/m1/s1. The quantitative estimate of drug-likeness (QED) is 0.873. The second kappa shape index (κ2) is 5.50. The first kappa shape index (κ1) is 12.4. The molecule has 0 bridgehead atoms. The van der Waals surface area contributed by atoms with E-state index in [0.717, 1.165) is 11.4 Å². The maximum atomic E-state index is 9.79. The molecule has 0 spiro atoms. The van der Waals surface area contributed by atoms with Crippen molar-refractivity contribution in [3.8, 4) is 0 Å². The van der Waals surface area contributed by atoms with E-state index in [1.807, 2.05) is 12.1 Å². The molecule has 94 valence electrons. The Kier molecular flexibility index (Phi) is 4.00. The lowest BCUT2D eigenvalue weighted by Gasteiger charge is -2.33. The second-order valence-corrected chi connectivity index (χ2v) is 4.99. The average molecular weight is 234 g/mol. The van der Waals surface area contributed by atoms with Crippen LogP contribution in [-0.2, 0) is 0 Å². The molecule has 1 fully saturated rings. The van der Waals surface area contributed by atoms with Crippen LogP contribution in [0.15, 0.2) is 18.3 Å². The predicted octanol–water partition coefficient (Wildman–Crippen LogP) is 2.90. The minimum atomic E-state index is -0.454. The Bertz CT molecular complexity index is 359. The molecule has 1 N–H and O–H groups in total. The zero-order chi connectivity index (χ0) is 12.3. The van der Waals surface area contributed by atoms with E-state index in [1.54, 1.807) is 13.1 Å². The van der Waals surface area contributed by atoms with Crippen molar-refractivity contribution >= 4 is 5.82 Å². The summed E-state index contributed by atoms with van der Waals surface area (Å²) in [6, 6.07) is 4.43. The highest BCUT2D eigenvalue weighted by Crippen LogP contribution is 2.29. The van der Waals surface area contributed by atoms with Crippen molar-refractivity contribution in [2.45, 2.75) is 51.2 Å². The van der Waals surface area contributed by atoms with E-state index in [-0.39, 0.29) is 0 Å². The molecule has 3 nitrogen and oxygen atoms in total. The Morgan fingerprint density at radius 2 is 2.06 bits per heavy atom. The van der Waals surface area contributed by atoms with Crippen molar-refractivity contribution in [2.75, 3.05) is 11.9 Å². The number of aliphatic hydroxyl groups is 1. The van der Waals surface area contributed by atoms with E-state index < -0.39 is 6.10 Å². The highest BCUT2D eigenvalue weighted by atomic mass is 16.3. The summed E-state index contributed by atoms with van der Waals surface area (Å²) in [5.74, 6) is 0.939. The van der Waals surface area contributed by atoms with Gasteiger partial charge >= 0.3 is 0 Å². The van der Waals surface area contributed by atoms with Gasteiger partial charge in [0.05, 0.1) is 6.10 Å². The summed E-state index contributed by atoms with van der Waals surface area (Å²) >= 11 is 0. The third kappa shape index (κ3) is 2.78. The van der Waals surface area contributed by atoms with Gasteiger partial charge in [-0.25, -0.2) is 4.98 Å². The molecule has 0 unspecified atom stereocenters. The molecule has 0 aliphatic heterocycles. The monoisotopic (exact) mass is 234 g/mol. The summed E-state index contributed by atoms with van der Waals surface area (Å²) in [5, 5.41) is 9.79. The van der Waals surface area contributed by atoms with Gasteiger partial charge in [-0.1, -0.05) is 25.3 Å². The minimum Gasteiger partial charge on any atom is -0.389 e. The molecule has 1 saturated carbocycles. The summed E-state index contributed by atoms with van der Waals surface area (Å²) in [6.07, 6.45) is 7.82. The van der Waals surface area contributed by atoms with Gasteiger partial charge in [0.25, 0.3) is 0 Å². The molecule has 1 atom stereocenters. The van der Waals surface area contributed by atoms with Crippen LogP contribution in [0.2, 0.25) is 0 Å². The topological polar surface area (TPSA) is 36.4 Å². The van der Waals surface area contributed by atoms with Crippen LogP contribution in [0.3, 0.4) is 0 Å². The van der Waals surface area contributed by atoms with Gasteiger partial charge in [-0.2, -0.15) is 0 Å². The van der Waals surface area contributed by atoms with E-state index in [2.05, 4.69) is 16.9 Å². The van der Waals surface area contributed by atoms with Crippen LogP contribution in [0.5, 0.6) is 0 Å². The molecule has 2 rings (SSSR count). The average Bonchev–Trinajstić information content (AvgIpc) is 2.39. The zero-order valence-electron chi connectivity index (χ0n) is 10.8. The summed E-state index contributed by atoms with van der Waals surface area (Å²) in [6.45, 7) is 1.80. The first-order valence-electron chi connectivity index (χ1n) is 6.56. The molecular weight excluding hydrogens is 212 g/mol. The van der Waals surface area contributed by atoms with Crippen molar-refractivity contribution < 1.29 is 5.11 Å². The number of aliphatic hydroxyl groups excluding tert-OH is 1. The van der Waals surface area contributed by atoms with Crippen molar-refractivity contribution in [3.63, 3.8) is 0 Å². The van der Waals surface area contributed by atoms with Gasteiger partial charge in [-0.3, -0.25) is 0 Å². The third-order valence-electron chi connectivity index (χ3n) is 3.72. The Hall–Kier alpha value is -1.09. The number of nitrogens with zero attached hydrogens (tertiary/aromatic N) is 2. The Balaban J connectivity index is 2.20. The fraction of sp³-hybridized carbons (Fsp3) is 0.643. The Morgan fingerprint density at radius 1 is 1.35 bits per heavy atom. The van der Waals surface area contributed by atoms with Gasteiger partial charge in [0.2, 0.25) is 0 Å². The Labute approximate surface area is 103 Å². The van der Waals surface area contributed by atoms with E-state index in [0.29, 0.717) is 6.04 Å². The molecule has 1 aromatic heterocycles. The lowest BCUT2D eigenvalue weighted by atomic mass is 9.94. The number of pyridine rings is 1. The van der Waals surface area contributed by atoms with Gasteiger partial charge in [-0.05, 0) is 25.8 Å². The highest BCUT2D eigenvalue weighted by molar-refractivity contribution is 5.48. The van der Waals surface area contributed by atoms with E-state index in [9.17, 15) is 5.11 Å². The summed E-state index contributed by atoms with van der Waals surface area (Å²) in [5.41, 5.74) is 0.931. The Morgan fingerprint density at radius 3 is 2.71 bits per heavy atom. The number of anilines is 1. The minimum absolute atomic E-state index is 0.454. The van der Waals surface area contributed by atoms with Crippen LogP contribution in [0.25, 0.3) is 0 Å². The van der Waals surface area contributed by atoms with Crippen LogP contribution in [0, 0.1) is 0 Å². The van der Waals surface area contributed by atoms with E-state index in [4.69, 9.17) is 0 Å². The molecule has 17 heavy (non-hydrogen) atoms. The molecule has 1 heterocycles. The molecule has 0 aromatic carbocycles. The lowest BCUT2D eigenvalue weighted by Crippen LogP contribution is -2.34. The fourth-order valence-corrected chi connectivity index (χ4v) is 2.67. The normalized spacial score (nSPS) is 19.0. The van der Waals surface area contributed by atoms with Crippen LogP contribution < -0.4 is 4.90 Å². The van der Waals surface area contributed by atoms with Gasteiger partial charge in [-0.15, -0.1) is 0 Å². The van der Waals surface area contributed by atoms with Crippen molar-refractivity contribution in [3.05, 3.63) is 23.9 Å². The van der Waals surface area contributed by atoms with Crippen LogP contribution >= 0.6 is 0 Å². The van der Waals surface area contributed by atoms with Crippen LogP contribution in [0.4, 0.5) is 5.82 Å². The lowest BCUT2D eigenvalue weighted by molar-refractivity contribution is 0.199. The van der Waals surface area contributed by atoms with Gasteiger partial charge < -0.3 is 10.0 Å². The number of rotatable bonds is 3. The fourth-order valence-electron chi connectivity index (χ4n) is 2.67. The summed E-state index contributed by atoms with van der Waals surface area (Å²) < 4.78 is 0. The first-order chi connectivity index (χ1) is 8.20. The van der Waals surface area contributed by atoms with E-state index in [1.165, 1.54) is 32.1 Å². The van der Waals surface area contributed by atoms with Gasteiger partial charge in [0.15, 0.2) is 0 Å². The number of hydrogen-bond acceptors (Lipinski definition) is 3. The summed E-state index contributed by atoms with van der Waals surface area (Å²) in [4.78, 5) is 6.69. The van der Waals surface area contributed by atoms with Gasteiger partial charge in [0, 0.05) is 24.8 Å². The zero-order valence-corrected chi connectivity index (χ0v) is 10.8. The van der Waals surface area contributed by atoms with Gasteiger partial charge in [0.1, 0.15) is 5.82 Å². The van der Waals surface area contributed by atoms with Crippen molar-refractivity contribution in [2.24, 2.45) is 0 Å². The molecule has 1 aromatic rings. The number of hydrogen-bond donors (Lipinski definition) is 1. The SMILES string of the molecule is C[C@@H](O)c1cccnc1N(C)C1CCCCC1. The largest absolute Gasteiger partial charge is 0.389 e. The number of aromatic nitrogens is 1. The van der Waals surface area contributed by atoms with Crippen LogP contribution in [0.1, 0.15) is 50.7 Å². The molecule has 0 saturated heterocycles. The molecule has 1 aliphatic carbocycles.